The number of rotatable bonds is 6. The Morgan fingerprint density at radius 1 is 1.28 bits per heavy atom. The maximum absolute atomic E-state index is 11.9. The largest absolute Gasteiger partial charge is 0.497 e. The van der Waals surface area contributed by atoms with Crippen molar-refractivity contribution >= 4 is 17.6 Å². The molecule has 0 radical (unpaired) electrons. The Kier molecular flexibility index (Phi) is 5.14. The summed E-state index contributed by atoms with van der Waals surface area (Å²) in [6.07, 6.45) is 6.01. The van der Waals surface area contributed by atoms with Crippen molar-refractivity contribution in [1.82, 2.24) is 14.7 Å². The van der Waals surface area contributed by atoms with Crippen LogP contribution in [0, 0.1) is 6.92 Å². The number of methoxy groups -OCH3 is 1. The minimum Gasteiger partial charge on any atom is -0.497 e. The van der Waals surface area contributed by atoms with Crippen molar-refractivity contribution in [2.75, 3.05) is 13.7 Å². The fourth-order valence-corrected chi connectivity index (χ4v) is 2.61. The molecule has 0 aliphatic heterocycles. The molecule has 0 fully saturated rings. The van der Waals surface area contributed by atoms with Crippen LogP contribution in [-0.2, 0) is 11.2 Å². The summed E-state index contributed by atoms with van der Waals surface area (Å²) in [5.41, 5.74) is 3.96. The molecule has 2 aromatic heterocycles. The quantitative estimate of drug-likeness (QED) is 0.705. The zero-order chi connectivity index (χ0) is 17.6. The molecule has 0 saturated heterocycles. The number of ether oxygens (including phenoxy) is 1. The number of fused-ring (bicyclic) bond motifs is 1. The first kappa shape index (κ1) is 16.8. The van der Waals surface area contributed by atoms with E-state index in [9.17, 15) is 4.79 Å². The molecule has 0 saturated carbocycles. The van der Waals surface area contributed by atoms with E-state index in [1.807, 2.05) is 55.6 Å². The van der Waals surface area contributed by atoms with E-state index in [1.54, 1.807) is 13.2 Å². The van der Waals surface area contributed by atoms with Gasteiger partial charge in [-0.2, -0.15) is 0 Å². The van der Waals surface area contributed by atoms with Gasteiger partial charge < -0.3 is 14.5 Å². The highest BCUT2D eigenvalue weighted by atomic mass is 16.5. The fourth-order valence-electron chi connectivity index (χ4n) is 2.61. The lowest BCUT2D eigenvalue weighted by atomic mass is 10.2. The Labute approximate surface area is 147 Å². The number of amides is 1. The standard InChI is InChI=1S/C20H21N3O2/c1-15-5-3-8-19-22-17(14-23(15)19)11-12-21-20(24)10-9-16-6-4-7-18(13-16)25-2/h3-10,13-14H,11-12H2,1-2H3,(H,21,24)/b10-9+. The number of nitrogens with one attached hydrogen (secondary N) is 1. The third-order valence-corrected chi connectivity index (χ3v) is 3.95. The zero-order valence-electron chi connectivity index (χ0n) is 14.4. The van der Waals surface area contributed by atoms with Crippen LogP contribution in [0.25, 0.3) is 11.7 Å². The SMILES string of the molecule is COc1cccc(/C=C/C(=O)NCCc2cn3c(C)cccc3n2)c1. The zero-order valence-corrected chi connectivity index (χ0v) is 14.4. The van der Waals surface area contributed by atoms with Crippen LogP contribution < -0.4 is 10.1 Å². The van der Waals surface area contributed by atoms with Gasteiger partial charge in [-0.1, -0.05) is 18.2 Å². The van der Waals surface area contributed by atoms with Crippen molar-refractivity contribution in [3.05, 3.63) is 71.7 Å². The molecule has 0 atom stereocenters. The monoisotopic (exact) mass is 335 g/mol. The molecular weight excluding hydrogens is 314 g/mol. The van der Waals surface area contributed by atoms with Gasteiger partial charge in [0.05, 0.1) is 12.8 Å². The molecule has 0 bridgehead atoms. The van der Waals surface area contributed by atoms with Crippen molar-refractivity contribution in [3.8, 4) is 5.75 Å². The number of aromatic nitrogens is 2. The lowest BCUT2D eigenvalue weighted by Gasteiger charge is -2.01. The summed E-state index contributed by atoms with van der Waals surface area (Å²) in [6.45, 7) is 2.59. The topological polar surface area (TPSA) is 55.6 Å². The molecule has 0 spiro atoms. The molecular formula is C20H21N3O2. The van der Waals surface area contributed by atoms with Gasteiger partial charge in [-0.25, -0.2) is 4.98 Å². The first-order valence-corrected chi connectivity index (χ1v) is 8.19. The minimum atomic E-state index is -0.122. The van der Waals surface area contributed by atoms with Gasteiger partial charge in [-0.15, -0.1) is 0 Å². The molecule has 1 N–H and O–H groups in total. The van der Waals surface area contributed by atoms with Gasteiger partial charge in [-0.3, -0.25) is 4.79 Å². The van der Waals surface area contributed by atoms with Crippen LogP contribution in [0.3, 0.4) is 0 Å². The number of aryl methyl sites for hydroxylation is 1. The average molecular weight is 335 g/mol. The highest BCUT2D eigenvalue weighted by Crippen LogP contribution is 2.13. The van der Waals surface area contributed by atoms with Crippen molar-refractivity contribution in [1.29, 1.82) is 0 Å². The normalized spacial score (nSPS) is 11.1. The molecule has 128 valence electrons. The molecule has 5 nitrogen and oxygen atoms in total. The van der Waals surface area contributed by atoms with Gasteiger partial charge in [0.25, 0.3) is 0 Å². The summed E-state index contributed by atoms with van der Waals surface area (Å²) in [7, 11) is 1.62. The number of hydrogen-bond donors (Lipinski definition) is 1. The number of carbonyl (C=O) groups excluding carboxylic acids is 1. The number of carbonyl (C=O) groups is 1. The second-order valence-corrected chi connectivity index (χ2v) is 5.78. The lowest BCUT2D eigenvalue weighted by Crippen LogP contribution is -2.23. The summed E-state index contributed by atoms with van der Waals surface area (Å²) in [5.74, 6) is 0.646. The molecule has 5 heteroatoms. The molecule has 0 aliphatic carbocycles. The Bertz CT molecular complexity index is 912. The van der Waals surface area contributed by atoms with E-state index in [1.165, 1.54) is 6.08 Å². The third-order valence-electron chi connectivity index (χ3n) is 3.95. The van der Waals surface area contributed by atoms with Crippen molar-refractivity contribution < 1.29 is 9.53 Å². The third kappa shape index (κ3) is 4.26. The van der Waals surface area contributed by atoms with Crippen LogP contribution in [0.4, 0.5) is 0 Å². The van der Waals surface area contributed by atoms with Crippen LogP contribution in [0.1, 0.15) is 17.0 Å². The van der Waals surface area contributed by atoms with E-state index in [2.05, 4.69) is 14.7 Å². The second-order valence-electron chi connectivity index (χ2n) is 5.78. The van der Waals surface area contributed by atoms with E-state index in [0.29, 0.717) is 13.0 Å². The fraction of sp³-hybridized carbons (Fsp3) is 0.200. The van der Waals surface area contributed by atoms with E-state index < -0.39 is 0 Å². The maximum atomic E-state index is 11.9. The number of pyridine rings is 1. The number of nitrogens with zero attached hydrogens (tertiary/aromatic N) is 2. The highest BCUT2D eigenvalue weighted by Gasteiger charge is 2.03. The molecule has 3 rings (SSSR count). The summed E-state index contributed by atoms with van der Waals surface area (Å²) < 4.78 is 7.22. The molecule has 1 amide bonds. The van der Waals surface area contributed by atoms with Crippen LogP contribution >= 0.6 is 0 Å². The van der Waals surface area contributed by atoms with Crippen LogP contribution in [0.2, 0.25) is 0 Å². The molecule has 25 heavy (non-hydrogen) atoms. The molecule has 0 unspecified atom stereocenters. The van der Waals surface area contributed by atoms with Crippen LogP contribution in [0.15, 0.2) is 54.7 Å². The second kappa shape index (κ2) is 7.66. The van der Waals surface area contributed by atoms with Crippen molar-refractivity contribution in [2.24, 2.45) is 0 Å². The van der Waals surface area contributed by atoms with Crippen molar-refractivity contribution in [2.45, 2.75) is 13.3 Å². The van der Waals surface area contributed by atoms with Gasteiger partial charge in [0.1, 0.15) is 11.4 Å². The molecule has 1 aromatic carbocycles. The van der Waals surface area contributed by atoms with E-state index in [-0.39, 0.29) is 5.91 Å². The van der Waals surface area contributed by atoms with Gasteiger partial charge in [-0.05, 0) is 42.8 Å². The van der Waals surface area contributed by atoms with E-state index >= 15 is 0 Å². The first-order valence-electron chi connectivity index (χ1n) is 8.19. The predicted octanol–water partition coefficient (Wildman–Crippen LogP) is 3.02. The lowest BCUT2D eigenvalue weighted by molar-refractivity contribution is -0.116. The van der Waals surface area contributed by atoms with E-state index in [4.69, 9.17) is 4.74 Å². The maximum Gasteiger partial charge on any atom is 0.244 e. The number of benzene rings is 1. The van der Waals surface area contributed by atoms with Crippen molar-refractivity contribution in [3.63, 3.8) is 0 Å². The summed E-state index contributed by atoms with van der Waals surface area (Å²) in [4.78, 5) is 16.5. The highest BCUT2D eigenvalue weighted by molar-refractivity contribution is 5.91. The number of imidazole rings is 1. The first-order chi connectivity index (χ1) is 12.2. The van der Waals surface area contributed by atoms with Gasteiger partial charge in [0.2, 0.25) is 5.91 Å². The predicted molar refractivity (Wildman–Crippen MR) is 98.7 cm³/mol. The van der Waals surface area contributed by atoms with Gasteiger partial charge >= 0.3 is 0 Å². The van der Waals surface area contributed by atoms with Crippen LogP contribution in [0.5, 0.6) is 5.75 Å². The number of hydrogen-bond acceptors (Lipinski definition) is 3. The average Bonchev–Trinajstić information content (AvgIpc) is 3.04. The van der Waals surface area contributed by atoms with Gasteiger partial charge in [0.15, 0.2) is 0 Å². The van der Waals surface area contributed by atoms with Crippen LogP contribution in [-0.4, -0.2) is 28.9 Å². The smallest absolute Gasteiger partial charge is 0.244 e. The Morgan fingerprint density at radius 3 is 2.92 bits per heavy atom. The summed E-state index contributed by atoms with van der Waals surface area (Å²) in [6, 6.07) is 13.6. The Hall–Kier alpha value is -3.08. The Morgan fingerprint density at radius 2 is 2.12 bits per heavy atom. The molecule has 0 aliphatic rings. The summed E-state index contributed by atoms with van der Waals surface area (Å²) >= 11 is 0. The minimum absolute atomic E-state index is 0.122. The summed E-state index contributed by atoms with van der Waals surface area (Å²) in [5, 5.41) is 2.88. The Balaban J connectivity index is 1.53. The van der Waals surface area contributed by atoms with E-state index in [0.717, 1.165) is 28.3 Å². The molecule has 3 aromatic rings. The van der Waals surface area contributed by atoms with Gasteiger partial charge in [0, 0.05) is 30.9 Å². The molecule has 2 heterocycles.